The predicted octanol–water partition coefficient (Wildman–Crippen LogP) is 5.74. The van der Waals surface area contributed by atoms with E-state index in [4.69, 9.17) is 4.98 Å². The van der Waals surface area contributed by atoms with Crippen LogP contribution in [0.5, 0.6) is 0 Å². The van der Waals surface area contributed by atoms with Gasteiger partial charge in [0.05, 0.1) is 11.0 Å². The first-order valence-corrected chi connectivity index (χ1v) is 11.8. The standard InChI is InChI=1S/C28H31FN4/c1-19-16-24(21-10-13-33(14-11-21)15-12-30-2)18-26-27(19)32-28(31-26)23-5-3-4-22(17-23)20-6-8-25(29)9-7-20/h3-9,16-18,21,30H,10-15H2,1-2H3,(H,31,32). The Morgan fingerprint density at radius 1 is 1.00 bits per heavy atom. The molecule has 170 valence electrons. The van der Waals surface area contributed by atoms with E-state index in [-0.39, 0.29) is 5.82 Å². The number of rotatable bonds is 6. The van der Waals surface area contributed by atoms with Gasteiger partial charge in [-0.1, -0.05) is 36.4 Å². The van der Waals surface area contributed by atoms with Crippen molar-refractivity contribution in [2.24, 2.45) is 0 Å². The van der Waals surface area contributed by atoms with Gasteiger partial charge in [0.1, 0.15) is 11.6 Å². The minimum atomic E-state index is -0.220. The van der Waals surface area contributed by atoms with Crippen LogP contribution >= 0.6 is 0 Å². The van der Waals surface area contributed by atoms with Crippen LogP contribution in [0.15, 0.2) is 60.7 Å². The van der Waals surface area contributed by atoms with Gasteiger partial charge in [0.2, 0.25) is 0 Å². The van der Waals surface area contributed by atoms with Crippen LogP contribution in [-0.2, 0) is 0 Å². The van der Waals surface area contributed by atoms with Crippen molar-refractivity contribution >= 4 is 11.0 Å². The normalized spacial score (nSPS) is 15.4. The second kappa shape index (κ2) is 9.46. The van der Waals surface area contributed by atoms with Gasteiger partial charge in [-0.15, -0.1) is 0 Å². The van der Waals surface area contributed by atoms with Gasteiger partial charge in [0.15, 0.2) is 0 Å². The van der Waals surface area contributed by atoms with Crippen LogP contribution in [0.2, 0.25) is 0 Å². The Labute approximate surface area is 194 Å². The molecule has 0 unspecified atom stereocenters. The Morgan fingerprint density at radius 3 is 2.52 bits per heavy atom. The summed E-state index contributed by atoms with van der Waals surface area (Å²) in [5, 5.41) is 3.25. The monoisotopic (exact) mass is 442 g/mol. The molecule has 0 amide bonds. The number of aromatic amines is 1. The number of imidazole rings is 1. The summed E-state index contributed by atoms with van der Waals surface area (Å²) in [7, 11) is 2.02. The van der Waals surface area contributed by atoms with Crippen LogP contribution in [0.1, 0.15) is 29.9 Å². The summed E-state index contributed by atoms with van der Waals surface area (Å²) in [5.41, 5.74) is 7.86. The Hall–Kier alpha value is -3.02. The molecule has 4 aromatic rings. The number of aromatic nitrogens is 2. The number of piperidine rings is 1. The average molecular weight is 443 g/mol. The number of likely N-dealkylation sites (tertiary alicyclic amines) is 1. The maximum atomic E-state index is 13.3. The van der Waals surface area contributed by atoms with Crippen molar-refractivity contribution in [2.75, 3.05) is 33.2 Å². The lowest BCUT2D eigenvalue weighted by molar-refractivity contribution is 0.214. The molecule has 1 aromatic heterocycles. The summed E-state index contributed by atoms with van der Waals surface area (Å²) < 4.78 is 13.3. The topological polar surface area (TPSA) is 44.0 Å². The predicted molar refractivity (Wildman–Crippen MR) is 134 cm³/mol. The number of fused-ring (bicyclic) bond motifs is 1. The second-order valence-electron chi connectivity index (χ2n) is 9.13. The Kier molecular flexibility index (Phi) is 6.25. The molecule has 1 saturated heterocycles. The molecule has 4 nitrogen and oxygen atoms in total. The summed E-state index contributed by atoms with van der Waals surface area (Å²) >= 11 is 0. The lowest BCUT2D eigenvalue weighted by atomic mass is 9.88. The average Bonchev–Trinajstić information content (AvgIpc) is 3.29. The molecular weight excluding hydrogens is 411 g/mol. The van der Waals surface area contributed by atoms with Crippen molar-refractivity contribution in [2.45, 2.75) is 25.7 Å². The molecule has 0 aliphatic carbocycles. The van der Waals surface area contributed by atoms with Crippen LogP contribution in [0.3, 0.4) is 0 Å². The third-order valence-electron chi connectivity index (χ3n) is 6.85. The van der Waals surface area contributed by atoms with Crippen molar-refractivity contribution in [3.63, 3.8) is 0 Å². The van der Waals surface area contributed by atoms with Crippen LogP contribution in [0.4, 0.5) is 4.39 Å². The Balaban J connectivity index is 1.40. The summed E-state index contributed by atoms with van der Waals surface area (Å²) in [6.45, 7) is 6.66. The number of H-pyrrole nitrogens is 1. The highest BCUT2D eigenvalue weighted by Crippen LogP contribution is 2.33. The number of halogens is 1. The highest BCUT2D eigenvalue weighted by atomic mass is 19.1. The van der Waals surface area contributed by atoms with E-state index in [1.165, 1.54) is 36.1 Å². The van der Waals surface area contributed by atoms with Crippen LogP contribution < -0.4 is 5.32 Å². The Morgan fingerprint density at radius 2 is 1.76 bits per heavy atom. The number of likely N-dealkylation sites (N-methyl/N-ethyl adjacent to an activating group) is 1. The number of nitrogens with zero attached hydrogens (tertiary/aromatic N) is 2. The first kappa shape index (κ1) is 21.8. The fourth-order valence-corrected chi connectivity index (χ4v) is 4.94. The largest absolute Gasteiger partial charge is 0.338 e. The van der Waals surface area contributed by atoms with E-state index < -0.39 is 0 Å². The third kappa shape index (κ3) is 4.70. The van der Waals surface area contributed by atoms with Crippen molar-refractivity contribution in [3.8, 4) is 22.5 Å². The Bertz CT molecular complexity index is 1240. The van der Waals surface area contributed by atoms with Gasteiger partial charge in [-0.2, -0.15) is 0 Å². The molecule has 1 aliphatic rings. The fourth-order valence-electron chi connectivity index (χ4n) is 4.94. The molecular formula is C28H31FN4. The SMILES string of the molecule is CNCCN1CCC(c2cc(C)c3nc(-c4cccc(-c5ccc(F)cc5)c4)[nH]c3c2)CC1. The van der Waals surface area contributed by atoms with Gasteiger partial charge < -0.3 is 15.2 Å². The smallest absolute Gasteiger partial charge is 0.138 e. The molecule has 2 N–H and O–H groups in total. The number of benzene rings is 3. The van der Waals surface area contributed by atoms with E-state index in [9.17, 15) is 4.39 Å². The molecule has 0 bridgehead atoms. The van der Waals surface area contributed by atoms with Crippen molar-refractivity contribution in [3.05, 3.63) is 77.6 Å². The van der Waals surface area contributed by atoms with E-state index in [1.54, 1.807) is 0 Å². The zero-order chi connectivity index (χ0) is 22.8. The third-order valence-corrected chi connectivity index (χ3v) is 6.85. The van der Waals surface area contributed by atoms with E-state index >= 15 is 0 Å². The molecule has 5 rings (SSSR count). The van der Waals surface area contributed by atoms with E-state index in [2.05, 4.69) is 46.4 Å². The van der Waals surface area contributed by atoms with Crippen LogP contribution in [0, 0.1) is 12.7 Å². The van der Waals surface area contributed by atoms with Crippen LogP contribution in [-0.4, -0.2) is 48.1 Å². The maximum Gasteiger partial charge on any atom is 0.138 e. The second-order valence-corrected chi connectivity index (χ2v) is 9.13. The number of hydrogen-bond acceptors (Lipinski definition) is 3. The van der Waals surface area contributed by atoms with E-state index in [1.807, 2.05) is 31.3 Å². The maximum absolute atomic E-state index is 13.3. The lowest BCUT2D eigenvalue weighted by Crippen LogP contribution is -2.37. The highest BCUT2D eigenvalue weighted by Gasteiger charge is 2.21. The molecule has 3 aromatic carbocycles. The molecule has 1 fully saturated rings. The van der Waals surface area contributed by atoms with Crippen molar-refractivity contribution < 1.29 is 4.39 Å². The molecule has 5 heteroatoms. The summed E-state index contributed by atoms with van der Waals surface area (Å²) in [5.74, 6) is 1.26. The first-order chi connectivity index (χ1) is 16.1. The fraction of sp³-hybridized carbons (Fsp3) is 0.321. The van der Waals surface area contributed by atoms with Gasteiger partial charge >= 0.3 is 0 Å². The first-order valence-electron chi connectivity index (χ1n) is 11.8. The summed E-state index contributed by atoms with van der Waals surface area (Å²) in [6, 6.07) is 19.5. The molecule has 0 radical (unpaired) electrons. The lowest BCUT2D eigenvalue weighted by Gasteiger charge is -2.32. The van der Waals surface area contributed by atoms with Crippen molar-refractivity contribution in [1.29, 1.82) is 0 Å². The van der Waals surface area contributed by atoms with Crippen molar-refractivity contribution in [1.82, 2.24) is 20.2 Å². The molecule has 33 heavy (non-hydrogen) atoms. The van der Waals surface area contributed by atoms with Gasteiger partial charge in [0, 0.05) is 18.7 Å². The van der Waals surface area contributed by atoms with Gasteiger partial charge in [-0.05, 0) is 92.3 Å². The quantitative estimate of drug-likeness (QED) is 0.400. The van der Waals surface area contributed by atoms with Gasteiger partial charge in [-0.25, -0.2) is 9.37 Å². The molecule has 0 spiro atoms. The molecule has 0 saturated carbocycles. The minimum Gasteiger partial charge on any atom is -0.338 e. The number of hydrogen-bond donors (Lipinski definition) is 2. The van der Waals surface area contributed by atoms with Gasteiger partial charge in [-0.3, -0.25) is 0 Å². The summed E-state index contributed by atoms with van der Waals surface area (Å²) in [6.07, 6.45) is 2.41. The number of aryl methyl sites for hydroxylation is 1. The number of nitrogens with one attached hydrogen (secondary N) is 2. The molecule has 0 atom stereocenters. The van der Waals surface area contributed by atoms with Crippen LogP contribution in [0.25, 0.3) is 33.5 Å². The van der Waals surface area contributed by atoms with E-state index in [0.29, 0.717) is 5.92 Å². The zero-order valence-corrected chi connectivity index (χ0v) is 19.4. The minimum absolute atomic E-state index is 0.220. The highest BCUT2D eigenvalue weighted by molar-refractivity contribution is 5.84. The molecule has 1 aliphatic heterocycles. The molecule has 2 heterocycles. The van der Waals surface area contributed by atoms with Gasteiger partial charge in [0.25, 0.3) is 0 Å². The zero-order valence-electron chi connectivity index (χ0n) is 19.4. The summed E-state index contributed by atoms with van der Waals surface area (Å²) in [4.78, 5) is 11.1. The van der Waals surface area contributed by atoms with E-state index in [0.717, 1.165) is 59.7 Å².